The lowest BCUT2D eigenvalue weighted by molar-refractivity contribution is 0.308. The summed E-state index contributed by atoms with van der Waals surface area (Å²) in [5, 5.41) is 10.3. The van der Waals surface area contributed by atoms with E-state index < -0.39 is 0 Å². The van der Waals surface area contributed by atoms with E-state index in [4.69, 9.17) is 23.4 Å². The van der Waals surface area contributed by atoms with Crippen molar-refractivity contribution in [1.82, 2.24) is 0 Å². The largest absolute Gasteiger partial charge is 0.504 e. The Kier molecular flexibility index (Phi) is 4.62. The molecule has 0 fully saturated rings. The average Bonchev–Trinajstić information content (AvgIpc) is 2.67. The van der Waals surface area contributed by atoms with Gasteiger partial charge in [0.2, 0.25) is 5.43 Å². The number of methoxy groups -OCH3 is 4. The Hall–Kier alpha value is -3.35. The maximum Gasteiger partial charge on any atom is 0.296 e. The van der Waals surface area contributed by atoms with Gasteiger partial charge in [0.15, 0.2) is 22.8 Å². The summed E-state index contributed by atoms with van der Waals surface area (Å²) >= 11 is 0. The molecule has 0 unspecified atom stereocenters. The first-order valence-electron chi connectivity index (χ1n) is 7.68. The third kappa shape index (κ3) is 2.77. The lowest BCUT2D eigenvalue weighted by Crippen LogP contribution is -2.08. The third-order valence-corrected chi connectivity index (χ3v) is 4.01. The molecule has 0 aliphatic carbocycles. The molecule has 3 aromatic rings. The molecule has 0 atom stereocenters. The molecule has 26 heavy (non-hydrogen) atoms. The van der Waals surface area contributed by atoms with Crippen LogP contribution in [0.25, 0.3) is 22.1 Å². The lowest BCUT2D eigenvalue weighted by atomic mass is 10.0. The van der Waals surface area contributed by atoms with Gasteiger partial charge in [-0.15, -0.1) is 0 Å². The number of fused-ring (bicyclic) bond motifs is 1. The Morgan fingerprint density at radius 3 is 2.23 bits per heavy atom. The van der Waals surface area contributed by atoms with E-state index in [0.717, 1.165) is 0 Å². The van der Waals surface area contributed by atoms with E-state index in [1.807, 2.05) is 0 Å². The van der Waals surface area contributed by atoms with Crippen molar-refractivity contribution in [3.63, 3.8) is 0 Å². The summed E-state index contributed by atoms with van der Waals surface area (Å²) in [4.78, 5) is 13.1. The van der Waals surface area contributed by atoms with Crippen LogP contribution in [-0.2, 0) is 0 Å². The summed E-state index contributed by atoms with van der Waals surface area (Å²) in [6.07, 6.45) is 0. The normalized spacial score (nSPS) is 10.6. The summed E-state index contributed by atoms with van der Waals surface area (Å²) in [5.74, 6) is 1.09. The van der Waals surface area contributed by atoms with E-state index >= 15 is 0 Å². The van der Waals surface area contributed by atoms with Gasteiger partial charge in [-0.1, -0.05) is 6.07 Å². The Bertz CT molecular complexity index is 1020. The van der Waals surface area contributed by atoms with Crippen LogP contribution in [0.5, 0.6) is 28.9 Å². The fourth-order valence-corrected chi connectivity index (χ4v) is 2.74. The van der Waals surface area contributed by atoms with Crippen LogP contribution in [0.4, 0.5) is 0 Å². The Morgan fingerprint density at radius 1 is 0.885 bits per heavy atom. The van der Waals surface area contributed by atoms with E-state index in [1.54, 1.807) is 18.2 Å². The minimum Gasteiger partial charge on any atom is -0.504 e. The van der Waals surface area contributed by atoms with Crippen LogP contribution in [-0.4, -0.2) is 33.5 Å². The highest BCUT2D eigenvalue weighted by molar-refractivity contribution is 5.89. The van der Waals surface area contributed by atoms with Gasteiger partial charge in [-0.25, -0.2) is 0 Å². The van der Waals surface area contributed by atoms with E-state index in [-0.39, 0.29) is 33.7 Å². The second kappa shape index (κ2) is 6.87. The predicted molar refractivity (Wildman–Crippen MR) is 95.8 cm³/mol. The van der Waals surface area contributed by atoms with Gasteiger partial charge in [-0.3, -0.25) is 4.79 Å². The molecule has 0 aliphatic heterocycles. The molecule has 3 rings (SSSR count). The van der Waals surface area contributed by atoms with Crippen LogP contribution in [0.15, 0.2) is 39.5 Å². The van der Waals surface area contributed by atoms with Crippen LogP contribution < -0.4 is 24.4 Å². The number of benzene rings is 2. The molecule has 0 saturated heterocycles. The van der Waals surface area contributed by atoms with Crippen molar-refractivity contribution in [2.24, 2.45) is 0 Å². The first kappa shape index (κ1) is 17.5. The lowest BCUT2D eigenvalue weighted by Gasteiger charge is -2.12. The van der Waals surface area contributed by atoms with Gasteiger partial charge in [-0.05, 0) is 23.8 Å². The van der Waals surface area contributed by atoms with Crippen LogP contribution >= 0.6 is 0 Å². The van der Waals surface area contributed by atoms with Gasteiger partial charge in [-0.2, -0.15) is 0 Å². The number of hydrogen-bond acceptors (Lipinski definition) is 7. The van der Waals surface area contributed by atoms with Crippen molar-refractivity contribution in [2.75, 3.05) is 28.4 Å². The molecule has 1 aromatic heterocycles. The van der Waals surface area contributed by atoms with Crippen LogP contribution in [0.1, 0.15) is 0 Å². The molecule has 0 spiro atoms. The quantitative estimate of drug-likeness (QED) is 0.749. The summed E-state index contributed by atoms with van der Waals surface area (Å²) in [6, 6.07) is 7.90. The molecule has 7 heteroatoms. The highest BCUT2D eigenvalue weighted by Gasteiger charge is 2.21. The van der Waals surface area contributed by atoms with Crippen LogP contribution in [0, 0.1) is 0 Å². The summed E-state index contributed by atoms with van der Waals surface area (Å²) in [6.45, 7) is 0. The fraction of sp³-hybridized carbons (Fsp3) is 0.211. The van der Waals surface area contributed by atoms with Crippen molar-refractivity contribution < 1.29 is 28.5 Å². The van der Waals surface area contributed by atoms with Gasteiger partial charge in [0.05, 0.1) is 33.8 Å². The molecule has 0 aliphatic rings. The minimum absolute atomic E-state index is 0.0183. The molecule has 7 nitrogen and oxygen atoms in total. The molecule has 136 valence electrons. The molecule has 1 N–H and O–H groups in total. The number of phenols is 1. The van der Waals surface area contributed by atoms with Crippen molar-refractivity contribution in [1.29, 1.82) is 0 Å². The second-order valence-electron chi connectivity index (χ2n) is 5.39. The highest BCUT2D eigenvalue weighted by atomic mass is 16.6. The van der Waals surface area contributed by atoms with E-state index in [1.165, 1.54) is 40.6 Å². The average molecular weight is 358 g/mol. The molecular weight excluding hydrogens is 340 g/mol. The van der Waals surface area contributed by atoms with Crippen molar-refractivity contribution >= 4 is 11.0 Å². The minimum atomic E-state index is -0.371. The maximum atomic E-state index is 13.1. The summed E-state index contributed by atoms with van der Waals surface area (Å²) in [7, 11) is 5.86. The first-order valence-corrected chi connectivity index (χ1v) is 7.68. The van der Waals surface area contributed by atoms with E-state index in [9.17, 15) is 9.90 Å². The molecule has 0 bridgehead atoms. The zero-order valence-electron chi connectivity index (χ0n) is 14.8. The summed E-state index contributed by atoms with van der Waals surface area (Å²) < 4.78 is 26.5. The number of phenolic OH excluding ortho intramolecular Hbond substituents is 1. The Balaban J connectivity index is 2.35. The monoisotopic (exact) mass is 358 g/mol. The zero-order chi connectivity index (χ0) is 18.8. The number of hydrogen-bond donors (Lipinski definition) is 1. The smallest absolute Gasteiger partial charge is 0.296 e. The van der Waals surface area contributed by atoms with Crippen LogP contribution in [0.2, 0.25) is 0 Å². The zero-order valence-corrected chi connectivity index (χ0v) is 14.8. The van der Waals surface area contributed by atoms with E-state index in [0.29, 0.717) is 22.8 Å². The second-order valence-corrected chi connectivity index (χ2v) is 5.39. The van der Waals surface area contributed by atoms with Crippen LogP contribution in [0.3, 0.4) is 0 Å². The first-order chi connectivity index (χ1) is 12.5. The van der Waals surface area contributed by atoms with Gasteiger partial charge >= 0.3 is 0 Å². The topological polar surface area (TPSA) is 87.4 Å². The molecule has 0 radical (unpaired) electrons. The molecule has 0 saturated carbocycles. The fourth-order valence-electron chi connectivity index (χ4n) is 2.74. The molecular formula is C19H18O7. The SMILES string of the molecule is COc1cc(O)c2oc(OC)c(-c3ccc(OC)c(OC)c3)c(=O)c2c1. The van der Waals surface area contributed by atoms with Gasteiger partial charge < -0.3 is 28.5 Å². The molecule has 2 aromatic carbocycles. The van der Waals surface area contributed by atoms with Gasteiger partial charge in [0, 0.05) is 6.07 Å². The van der Waals surface area contributed by atoms with Gasteiger partial charge in [0.25, 0.3) is 5.95 Å². The predicted octanol–water partition coefficient (Wildman–Crippen LogP) is 3.20. The molecule has 1 heterocycles. The standard InChI is InChI=1S/C19H18O7/c1-22-11-8-12-17(21)16(19(25-4)26-18(12)13(20)9-11)10-5-6-14(23-2)15(7-10)24-3/h5-9,20H,1-4H3. The number of aromatic hydroxyl groups is 1. The maximum absolute atomic E-state index is 13.1. The van der Waals surface area contributed by atoms with Crippen molar-refractivity contribution in [3.05, 3.63) is 40.6 Å². The third-order valence-electron chi connectivity index (χ3n) is 4.01. The van der Waals surface area contributed by atoms with Crippen molar-refractivity contribution in [3.8, 4) is 40.1 Å². The van der Waals surface area contributed by atoms with Gasteiger partial charge in [0.1, 0.15) is 11.3 Å². The number of rotatable bonds is 5. The molecule has 0 amide bonds. The summed E-state index contributed by atoms with van der Waals surface area (Å²) in [5.41, 5.74) is 0.382. The Labute approximate surface area is 149 Å². The van der Waals surface area contributed by atoms with Crippen molar-refractivity contribution in [2.45, 2.75) is 0 Å². The van der Waals surface area contributed by atoms with E-state index in [2.05, 4.69) is 0 Å². The Morgan fingerprint density at radius 2 is 1.62 bits per heavy atom. The highest BCUT2D eigenvalue weighted by Crippen LogP contribution is 2.38. The number of ether oxygens (including phenoxy) is 4.